The summed E-state index contributed by atoms with van der Waals surface area (Å²) >= 11 is 0. The molecule has 0 aliphatic rings. The summed E-state index contributed by atoms with van der Waals surface area (Å²) in [4.78, 5) is 6.54. The minimum atomic E-state index is 0.237. The summed E-state index contributed by atoms with van der Waals surface area (Å²) in [6, 6.07) is 17.1. The number of phenolic OH excluding ortho intramolecular Hbond substituents is 1. The molecule has 4 rings (SSSR count). The number of anilines is 3. The average molecular weight is 345 g/mol. The van der Waals surface area contributed by atoms with Gasteiger partial charge in [-0.15, -0.1) is 0 Å². The summed E-state index contributed by atoms with van der Waals surface area (Å²) in [6.07, 6.45) is 3.55. The van der Waals surface area contributed by atoms with E-state index in [0.717, 1.165) is 34.0 Å². The molecular formula is C20H19N5O. The van der Waals surface area contributed by atoms with Gasteiger partial charge in [-0.05, 0) is 42.0 Å². The van der Waals surface area contributed by atoms with Crippen LogP contribution in [-0.4, -0.2) is 33.8 Å². The first kappa shape index (κ1) is 16.0. The molecule has 0 saturated heterocycles. The Hall–Kier alpha value is -3.54. The summed E-state index contributed by atoms with van der Waals surface area (Å²) in [5.41, 5.74) is 4.72. The Bertz CT molecular complexity index is 1050. The highest BCUT2D eigenvalue weighted by Crippen LogP contribution is 2.28. The predicted octanol–water partition coefficient (Wildman–Crippen LogP) is 3.91. The lowest BCUT2D eigenvalue weighted by atomic mass is 10.1. The maximum atomic E-state index is 9.49. The van der Waals surface area contributed by atoms with Crippen molar-refractivity contribution in [1.29, 1.82) is 0 Å². The van der Waals surface area contributed by atoms with Crippen molar-refractivity contribution in [2.24, 2.45) is 0 Å². The molecule has 0 unspecified atom stereocenters. The largest absolute Gasteiger partial charge is 0.508 e. The summed E-state index contributed by atoms with van der Waals surface area (Å²) in [5.74, 6) is 1.07. The highest BCUT2D eigenvalue weighted by Gasteiger charge is 2.11. The van der Waals surface area contributed by atoms with Gasteiger partial charge in [-0.1, -0.05) is 18.2 Å². The first-order chi connectivity index (χ1) is 12.6. The number of aromatic nitrogens is 3. The van der Waals surface area contributed by atoms with E-state index in [4.69, 9.17) is 0 Å². The maximum absolute atomic E-state index is 9.49. The van der Waals surface area contributed by atoms with Gasteiger partial charge in [0.2, 0.25) is 0 Å². The molecule has 2 aromatic heterocycles. The van der Waals surface area contributed by atoms with E-state index in [2.05, 4.69) is 32.4 Å². The van der Waals surface area contributed by atoms with E-state index >= 15 is 0 Å². The van der Waals surface area contributed by atoms with Crippen LogP contribution in [0.15, 0.2) is 67.0 Å². The van der Waals surface area contributed by atoms with Crippen LogP contribution in [0.25, 0.3) is 16.8 Å². The van der Waals surface area contributed by atoms with Gasteiger partial charge in [0.25, 0.3) is 0 Å². The van der Waals surface area contributed by atoms with Crippen LogP contribution >= 0.6 is 0 Å². The summed E-state index contributed by atoms with van der Waals surface area (Å²) in [6.45, 7) is 0. The Balaban J connectivity index is 1.73. The highest BCUT2D eigenvalue weighted by molar-refractivity contribution is 5.78. The van der Waals surface area contributed by atoms with Crippen molar-refractivity contribution in [3.8, 4) is 16.9 Å². The fourth-order valence-corrected chi connectivity index (χ4v) is 2.84. The third kappa shape index (κ3) is 2.93. The number of benzene rings is 2. The van der Waals surface area contributed by atoms with Gasteiger partial charge in [0.15, 0.2) is 5.65 Å². The van der Waals surface area contributed by atoms with Crippen molar-refractivity contribution in [2.75, 3.05) is 24.3 Å². The van der Waals surface area contributed by atoms with Crippen LogP contribution in [0.5, 0.6) is 5.75 Å². The predicted molar refractivity (Wildman–Crippen MR) is 104 cm³/mol. The Morgan fingerprint density at radius 2 is 1.85 bits per heavy atom. The SMILES string of the molecule is CN(C)c1cccc(Nc2ccnc3c(-c4ccc(O)cc4)cnn23)c1. The van der Waals surface area contributed by atoms with E-state index in [1.807, 2.05) is 44.4 Å². The molecule has 26 heavy (non-hydrogen) atoms. The minimum Gasteiger partial charge on any atom is -0.508 e. The zero-order valence-corrected chi connectivity index (χ0v) is 14.6. The quantitative estimate of drug-likeness (QED) is 0.587. The number of hydrogen-bond acceptors (Lipinski definition) is 5. The fraction of sp³-hybridized carbons (Fsp3) is 0.100. The number of rotatable bonds is 4. The normalized spacial score (nSPS) is 10.8. The van der Waals surface area contributed by atoms with Gasteiger partial charge in [0.05, 0.1) is 6.20 Å². The molecule has 0 aliphatic heterocycles. The minimum absolute atomic E-state index is 0.237. The second kappa shape index (κ2) is 6.40. The highest BCUT2D eigenvalue weighted by atomic mass is 16.3. The fourth-order valence-electron chi connectivity index (χ4n) is 2.84. The van der Waals surface area contributed by atoms with E-state index in [0.29, 0.717) is 0 Å². The van der Waals surface area contributed by atoms with Crippen molar-refractivity contribution in [3.05, 3.63) is 67.0 Å². The molecule has 0 radical (unpaired) electrons. The topological polar surface area (TPSA) is 65.7 Å². The average Bonchev–Trinajstić information content (AvgIpc) is 3.08. The van der Waals surface area contributed by atoms with E-state index in [-0.39, 0.29) is 5.75 Å². The van der Waals surface area contributed by atoms with Gasteiger partial charge in [0.1, 0.15) is 11.6 Å². The standard InChI is InChI=1S/C20H19N5O/c1-24(2)16-5-3-4-15(12-16)23-19-10-11-21-20-18(13-22-25(19)20)14-6-8-17(26)9-7-14/h3-13,23,26H,1-2H3. The molecule has 0 aliphatic carbocycles. The smallest absolute Gasteiger partial charge is 0.165 e. The molecule has 2 N–H and O–H groups in total. The summed E-state index contributed by atoms with van der Waals surface area (Å²) < 4.78 is 1.78. The van der Waals surface area contributed by atoms with Gasteiger partial charge in [-0.3, -0.25) is 0 Å². The lowest BCUT2D eigenvalue weighted by Gasteiger charge is -2.14. The van der Waals surface area contributed by atoms with Crippen molar-refractivity contribution < 1.29 is 5.11 Å². The number of aromatic hydroxyl groups is 1. The van der Waals surface area contributed by atoms with Crippen molar-refractivity contribution in [3.63, 3.8) is 0 Å². The van der Waals surface area contributed by atoms with Crippen LogP contribution in [0.3, 0.4) is 0 Å². The number of phenols is 1. The van der Waals surface area contributed by atoms with Crippen LogP contribution in [0.4, 0.5) is 17.2 Å². The Labute approximate surface area is 151 Å². The van der Waals surface area contributed by atoms with Crippen molar-refractivity contribution in [2.45, 2.75) is 0 Å². The molecule has 6 heteroatoms. The van der Waals surface area contributed by atoms with E-state index in [1.54, 1.807) is 29.0 Å². The molecule has 0 atom stereocenters. The number of fused-ring (bicyclic) bond motifs is 1. The number of nitrogens with one attached hydrogen (secondary N) is 1. The number of nitrogens with zero attached hydrogens (tertiary/aromatic N) is 4. The van der Waals surface area contributed by atoms with Crippen LogP contribution in [-0.2, 0) is 0 Å². The molecule has 0 bridgehead atoms. The molecule has 2 heterocycles. The zero-order chi connectivity index (χ0) is 18.1. The van der Waals surface area contributed by atoms with Crippen LogP contribution < -0.4 is 10.2 Å². The second-order valence-corrected chi connectivity index (χ2v) is 6.24. The molecular weight excluding hydrogens is 326 g/mol. The van der Waals surface area contributed by atoms with Crippen LogP contribution in [0.1, 0.15) is 0 Å². The van der Waals surface area contributed by atoms with Crippen molar-refractivity contribution >= 4 is 22.8 Å². The summed E-state index contributed by atoms with van der Waals surface area (Å²) in [7, 11) is 4.03. The first-order valence-electron chi connectivity index (χ1n) is 8.28. The lowest BCUT2D eigenvalue weighted by Crippen LogP contribution is -2.08. The van der Waals surface area contributed by atoms with E-state index in [9.17, 15) is 5.11 Å². The first-order valence-corrected chi connectivity index (χ1v) is 8.28. The molecule has 6 nitrogen and oxygen atoms in total. The monoisotopic (exact) mass is 345 g/mol. The second-order valence-electron chi connectivity index (χ2n) is 6.24. The third-order valence-corrected chi connectivity index (χ3v) is 4.21. The number of hydrogen-bond donors (Lipinski definition) is 2. The molecule has 0 amide bonds. The zero-order valence-electron chi connectivity index (χ0n) is 14.6. The lowest BCUT2D eigenvalue weighted by molar-refractivity contribution is 0.475. The molecule has 130 valence electrons. The third-order valence-electron chi connectivity index (χ3n) is 4.21. The van der Waals surface area contributed by atoms with E-state index in [1.165, 1.54) is 0 Å². The van der Waals surface area contributed by atoms with Crippen molar-refractivity contribution in [1.82, 2.24) is 14.6 Å². The van der Waals surface area contributed by atoms with Gasteiger partial charge < -0.3 is 15.3 Å². The van der Waals surface area contributed by atoms with Gasteiger partial charge >= 0.3 is 0 Å². The molecule has 0 fully saturated rings. The van der Waals surface area contributed by atoms with E-state index < -0.39 is 0 Å². The van der Waals surface area contributed by atoms with Crippen LogP contribution in [0, 0.1) is 0 Å². The molecule has 4 aromatic rings. The summed E-state index contributed by atoms with van der Waals surface area (Å²) in [5, 5.41) is 17.4. The Kier molecular flexibility index (Phi) is 3.93. The van der Waals surface area contributed by atoms with Gasteiger partial charge in [0, 0.05) is 37.2 Å². The molecule has 0 saturated carbocycles. The molecule has 0 spiro atoms. The Morgan fingerprint density at radius 1 is 1.04 bits per heavy atom. The van der Waals surface area contributed by atoms with Crippen LogP contribution in [0.2, 0.25) is 0 Å². The van der Waals surface area contributed by atoms with Gasteiger partial charge in [-0.25, -0.2) is 4.98 Å². The maximum Gasteiger partial charge on any atom is 0.165 e. The Morgan fingerprint density at radius 3 is 2.62 bits per heavy atom. The molecule has 2 aromatic carbocycles. The van der Waals surface area contributed by atoms with Gasteiger partial charge in [-0.2, -0.15) is 9.61 Å².